The molecule has 1 aliphatic rings. The summed E-state index contributed by atoms with van der Waals surface area (Å²) >= 11 is 1.74. The van der Waals surface area contributed by atoms with Crippen molar-refractivity contribution in [3.63, 3.8) is 0 Å². The fourth-order valence-electron chi connectivity index (χ4n) is 3.58. The Bertz CT molecular complexity index is 1100. The van der Waals surface area contributed by atoms with E-state index in [0.717, 1.165) is 30.2 Å². The number of carbonyl (C=O) groups excluding carboxylic acids is 1. The molecule has 8 nitrogen and oxygen atoms in total. The summed E-state index contributed by atoms with van der Waals surface area (Å²) in [5.41, 5.74) is 2.36. The number of hydrogen-bond donors (Lipinski definition) is 0. The highest BCUT2D eigenvalue weighted by Crippen LogP contribution is 2.23. The number of aromatic nitrogens is 5. The molecule has 29 heavy (non-hydrogen) atoms. The lowest BCUT2D eigenvalue weighted by Crippen LogP contribution is -2.48. The van der Waals surface area contributed by atoms with Crippen LogP contribution in [0.15, 0.2) is 54.9 Å². The fraction of sp³-hybridized carbons (Fsp3) is 0.250. The minimum Gasteiger partial charge on any atom is -0.336 e. The van der Waals surface area contributed by atoms with Crippen molar-refractivity contribution in [1.82, 2.24) is 35.0 Å². The maximum Gasteiger partial charge on any atom is 0.256 e. The van der Waals surface area contributed by atoms with Crippen LogP contribution in [0.4, 0.5) is 0 Å². The Morgan fingerprint density at radius 2 is 1.79 bits per heavy atom. The highest BCUT2D eigenvalue weighted by molar-refractivity contribution is 7.18. The van der Waals surface area contributed by atoms with Crippen molar-refractivity contribution in [2.45, 2.75) is 6.54 Å². The molecule has 0 aliphatic carbocycles. The van der Waals surface area contributed by atoms with E-state index in [0.29, 0.717) is 24.3 Å². The molecule has 0 unspecified atom stereocenters. The molecule has 0 N–H and O–H groups in total. The molecule has 1 saturated heterocycles. The van der Waals surface area contributed by atoms with Gasteiger partial charge in [0.25, 0.3) is 5.91 Å². The summed E-state index contributed by atoms with van der Waals surface area (Å²) in [6, 6.07) is 15.6. The lowest BCUT2D eigenvalue weighted by molar-refractivity contribution is 0.0628. The Balaban J connectivity index is 1.26. The van der Waals surface area contributed by atoms with Crippen molar-refractivity contribution in [2.24, 2.45) is 0 Å². The normalized spacial score (nSPS) is 15.1. The quantitative estimate of drug-likeness (QED) is 0.518. The number of para-hydroxylation sites is 2. The Kier molecular flexibility index (Phi) is 4.74. The topological polar surface area (TPSA) is 80.0 Å². The van der Waals surface area contributed by atoms with Crippen LogP contribution in [0.2, 0.25) is 0 Å². The van der Waals surface area contributed by atoms with Crippen molar-refractivity contribution in [3.05, 3.63) is 65.4 Å². The first kappa shape index (κ1) is 17.9. The van der Waals surface area contributed by atoms with Gasteiger partial charge in [-0.2, -0.15) is 4.68 Å². The van der Waals surface area contributed by atoms with Crippen LogP contribution in [-0.4, -0.2) is 67.1 Å². The van der Waals surface area contributed by atoms with Crippen molar-refractivity contribution >= 4 is 27.5 Å². The first-order valence-electron chi connectivity index (χ1n) is 9.46. The van der Waals surface area contributed by atoms with Gasteiger partial charge in [-0.15, -0.1) is 16.4 Å². The average molecular weight is 405 g/mol. The molecule has 1 aliphatic heterocycles. The number of rotatable bonds is 4. The van der Waals surface area contributed by atoms with E-state index in [-0.39, 0.29) is 5.91 Å². The van der Waals surface area contributed by atoms with Crippen LogP contribution in [0, 0.1) is 0 Å². The van der Waals surface area contributed by atoms with Crippen LogP contribution in [0.3, 0.4) is 0 Å². The molecule has 5 rings (SSSR count). The van der Waals surface area contributed by atoms with Crippen LogP contribution in [-0.2, 0) is 6.54 Å². The third kappa shape index (κ3) is 3.62. The molecule has 0 spiro atoms. The van der Waals surface area contributed by atoms with Crippen LogP contribution in [0.25, 0.3) is 15.9 Å². The lowest BCUT2D eigenvalue weighted by atomic mass is 10.1. The maximum absolute atomic E-state index is 13.1. The van der Waals surface area contributed by atoms with Gasteiger partial charge < -0.3 is 4.90 Å². The standard InChI is InChI=1S/C20H19N7OS/c28-20(15-5-1-3-7-17(15)27-14-21-23-24-27)26-11-9-25(10-12-26)13-19-22-16-6-2-4-8-18(16)29-19/h1-8,14H,9-13H2. The minimum atomic E-state index is 0.00994. The van der Waals surface area contributed by atoms with Gasteiger partial charge in [0.05, 0.1) is 28.0 Å². The summed E-state index contributed by atoms with van der Waals surface area (Å²) in [5, 5.41) is 12.4. The average Bonchev–Trinajstić information content (AvgIpc) is 3.43. The monoisotopic (exact) mass is 405 g/mol. The molecule has 0 atom stereocenters. The summed E-state index contributed by atoms with van der Waals surface area (Å²) in [7, 11) is 0. The van der Waals surface area contributed by atoms with Gasteiger partial charge in [0.15, 0.2) is 0 Å². The molecule has 0 bridgehead atoms. The fourth-order valence-corrected chi connectivity index (χ4v) is 4.59. The molecule has 0 radical (unpaired) electrons. The van der Waals surface area contributed by atoms with E-state index in [2.05, 4.69) is 26.5 Å². The summed E-state index contributed by atoms with van der Waals surface area (Å²) in [6.07, 6.45) is 1.50. The minimum absolute atomic E-state index is 0.00994. The predicted molar refractivity (Wildman–Crippen MR) is 110 cm³/mol. The summed E-state index contributed by atoms with van der Waals surface area (Å²) in [5.74, 6) is 0.00994. The third-order valence-corrected chi connectivity index (χ3v) is 6.11. The number of amides is 1. The zero-order valence-electron chi connectivity index (χ0n) is 15.7. The zero-order valence-corrected chi connectivity index (χ0v) is 16.5. The molecular weight excluding hydrogens is 386 g/mol. The van der Waals surface area contributed by atoms with Crippen LogP contribution in [0.1, 0.15) is 15.4 Å². The van der Waals surface area contributed by atoms with E-state index in [1.165, 1.54) is 15.7 Å². The number of benzene rings is 2. The molecule has 0 saturated carbocycles. The first-order valence-corrected chi connectivity index (χ1v) is 10.3. The van der Waals surface area contributed by atoms with E-state index in [9.17, 15) is 4.79 Å². The molecule has 1 amide bonds. The number of fused-ring (bicyclic) bond motifs is 1. The van der Waals surface area contributed by atoms with Crippen molar-refractivity contribution in [2.75, 3.05) is 26.2 Å². The number of hydrogen-bond acceptors (Lipinski definition) is 7. The Labute approximate surface area is 171 Å². The first-order chi connectivity index (χ1) is 14.3. The van der Waals surface area contributed by atoms with E-state index in [1.54, 1.807) is 11.3 Å². The van der Waals surface area contributed by atoms with Crippen molar-refractivity contribution < 1.29 is 4.79 Å². The Hall–Kier alpha value is -3.17. The number of piperazine rings is 1. The highest BCUT2D eigenvalue weighted by atomic mass is 32.1. The zero-order chi connectivity index (χ0) is 19.6. The molecule has 9 heteroatoms. The molecular formula is C20H19N7OS. The van der Waals surface area contributed by atoms with Gasteiger partial charge in [-0.05, 0) is 34.7 Å². The molecule has 2 aromatic carbocycles. The van der Waals surface area contributed by atoms with Gasteiger partial charge in [-0.25, -0.2) is 4.98 Å². The molecule has 3 heterocycles. The number of nitrogens with zero attached hydrogens (tertiary/aromatic N) is 7. The van der Waals surface area contributed by atoms with E-state index >= 15 is 0 Å². The van der Waals surface area contributed by atoms with Gasteiger partial charge in [-0.3, -0.25) is 9.69 Å². The van der Waals surface area contributed by atoms with E-state index in [1.807, 2.05) is 47.4 Å². The van der Waals surface area contributed by atoms with Gasteiger partial charge in [0.1, 0.15) is 11.3 Å². The number of tetrazole rings is 1. The lowest BCUT2D eigenvalue weighted by Gasteiger charge is -2.34. The van der Waals surface area contributed by atoms with Gasteiger partial charge in [-0.1, -0.05) is 24.3 Å². The van der Waals surface area contributed by atoms with Crippen molar-refractivity contribution in [3.8, 4) is 5.69 Å². The Morgan fingerprint density at radius 1 is 1.00 bits per heavy atom. The van der Waals surface area contributed by atoms with E-state index in [4.69, 9.17) is 4.98 Å². The third-order valence-electron chi connectivity index (χ3n) is 5.09. The maximum atomic E-state index is 13.1. The smallest absolute Gasteiger partial charge is 0.256 e. The molecule has 1 fully saturated rings. The number of thiazole rings is 1. The van der Waals surface area contributed by atoms with E-state index < -0.39 is 0 Å². The largest absolute Gasteiger partial charge is 0.336 e. The van der Waals surface area contributed by atoms with Gasteiger partial charge >= 0.3 is 0 Å². The second-order valence-electron chi connectivity index (χ2n) is 6.92. The molecule has 2 aromatic heterocycles. The Morgan fingerprint density at radius 3 is 2.59 bits per heavy atom. The molecule has 4 aromatic rings. The van der Waals surface area contributed by atoms with Gasteiger partial charge in [0, 0.05) is 26.2 Å². The molecule has 146 valence electrons. The second kappa shape index (κ2) is 7.69. The van der Waals surface area contributed by atoms with Crippen LogP contribution in [0.5, 0.6) is 0 Å². The van der Waals surface area contributed by atoms with Crippen molar-refractivity contribution in [1.29, 1.82) is 0 Å². The SMILES string of the molecule is O=C(c1ccccc1-n1cnnn1)N1CCN(Cc2nc3ccccc3s2)CC1. The second-order valence-corrected chi connectivity index (χ2v) is 8.03. The highest BCUT2D eigenvalue weighted by Gasteiger charge is 2.25. The summed E-state index contributed by atoms with van der Waals surface area (Å²) < 4.78 is 2.74. The van der Waals surface area contributed by atoms with Crippen LogP contribution >= 0.6 is 11.3 Å². The number of carbonyl (C=O) groups is 1. The van der Waals surface area contributed by atoms with Crippen LogP contribution < -0.4 is 0 Å². The summed E-state index contributed by atoms with van der Waals surface area (Å²) in [4.78, 5) is 22.1. The summed E-state index contributed by atoms with van der Waals surface area (Å²) in [6.45, 7) is 3.85. The predicted octanol–water partition coefficient (Wildman–Crippen LogP) is 2.23. The van der Waals surface area contributed by atoms with Gasteiger partial charge in [0.2, 0.25) is 0 Å².